The second-order valence-corrected chi connectivity index (χ2v) is 7.35. The van der Waals surface area contributed by atoms with Gasteiger partial charge in [-0.1, -0.05) is 60.7 Å². The summed E-state index contributed by atoms with van der Waals surface area (Å²) >= 11 is 0. The number of anilines is 1. The number of ether oxygens (including phenoxy) is 1. The van der Waals surface area contributed by atoms with Crippen LogP contribution in [0.15, 0.2) is 91.0 Å². The van der Waals surface area contributed by atoms with Gasteiger partial charge in [0.2, 0.25) is 5.91 Å². The average molecular weight is 397 g/mol. The van der Waals surface area contributed by atoms with E-state index in [-0.39, 0.29) is 17.6 Å². The van der Waals surface area contributed by atoms with Crippen LogP contribution in [0.3, 0.4) is 0 Å². The van der Waals surface area contributed by atoms with Gasteiger partial charge in [0.1, 0.15) is 11.7 Å². The Labute approximate surface area is 176 Å². The zero-order valence-corrected chi connectivity index (χ0v) is 16.7. The van der Waals surface area contributed by atoms with Crippen LogP contribution < -0.4 is 10.1 Å². The number of allylic oxidation sites excluding steroid dienone is 2. The van der Waals surface area contributed by atoms with Crippen LogP contribution in [-0.4, -0.2) is 18.8 Å². The van der Waals surface area contributed by atoms with Gasteiger partial charge in [0.15, 0.2) is 5.78 Å². The van der Waals surface area contributed by atoms with Crippen molar-refractivity contribution >= 4 is 23.0 Å². The lowest BCUT2D eigenvalue weighted by Gasteiger charge is -2.30. The van der Waals surface area contributed by atoms with E-state index in [0.717, 1.165) is 22.4 Å². The molecule has 1 amide bonds. The Morgan fingerprint density at radius 2 is 1.53 bits per heavy atom. The molecule has 0 unspecified atom stereocenters. The van der Waals surface area contributed by atoms with Crippen molar-refractivity contribution in [3.05, 3.63) is 102 Å². The summed E-state index contributed by atoms with van der Waals surface area (Å²) < 4.78 is 5.26. The molecule has 0 heterocycles. The minimum atomic E-state index is -0.786. The first-order valence-corrected chi connectivity index (χ1v) is 9.95. The smallest absolute Gasteiger partial charge is 0.235 e. The molecule has 3 aromatic carbocycles. The highest BCUT2D eigenvalue weighted by molar-refractivity contribution is 6.15. The fourth-order valence-electron chi connectivity index (χ4n) is 3.94. The molecule has 0 radical (unpaired) electrons. The number of carbonyl (C=O) groups is 2. The standard InChI is InChI=1S/C26H23NO3/c1-30-22-14-12-19(13-15-22)23-16-20(18-8-4-2-5-9-18)17-24(28)25(23)26(29)27-21-10-6-3-7-11-21/h2-15,17,23,25H,16H2,1H3,(H,27,29)/t23-,25-/m0/s1. The maximum atomic E-state index is 13.2. The van der Waals surface area contributed by atoms with Gasteiger partial charge in [-0.2, -0.15) is 0 Å². The number of hydrogen-bond donors (Lipinski definition) is 1. The first-order valence-electron chi connectivity index (χ1n) is 9.95. The Morgan fingerprint density at radius 1 is 0.900 bits per heavy atom. The predicted octanol–water partition coefficient (Wildman–Crippen LogP) is 5.09. The quantitative estimate of drug-likeness (QED) is 0.610. The van der Waals surface area contributed by atoms with Gasteiger partial charge in [-0.05, 0) is 53.5 Å². The monoisotopic (exact) mass is 397 g/mol. The minimum absolute atomic E-state index is 0.172. The summed E-state index contributed by atoms with van der Waals surface area (Å²) in [6, 6.07) is 26.7. The first kappa shape index (κ1) is 19.6. The Kier molecular flexibility index (Phi) is 5.75. The second kappa shape index (κ2) is 8.78. The van der Waals surface area contributed by atoms with E-state index in [1.54, 1.807) is 13.2 Å². The number of nitrogens with one attached hydrogen (secondary N) is 1. The van der Waals surface area contributed by atoms with Crippen LogP contribution in [0.5, 0.6) is 5.75 Å². The van der Waals surface area contributed by atoms with Gasteiger partial charge in [-0.3, -0.25) is 9.59 Å². The third-order valence-electron chi connectivity index (χ3n) is 5.48. The molecule has 4 nitrogen and oxygen atoms in total. The van der Waals surface area contributed by atoms with Crippen molar-refractivity contribution in [3.63, 3.8) is 0 Å². The normalized spacial score (nSPS) is 18.4. The summed E-state index contributed by atoms with van der Waals surface area (Å²) in [5.41, 5.74) is 3.58. The molecule has 30 heavy (non-hydrogen) atoms. The van der Waals surface area contributed by atoms with Gasteiger partial charge in [0, 0.05) is 11.6 Å². The molecule has 1 aliphatic rings. The summed E-state index contributed by atoms with van der Waals surface area (Å²) in [4.78, 5) is 26.3. The van der Waals surface area contributed by atoms with E-state index >= 15 is 0 Å². The van der Waals surface area contributed by atoms with Crippen molar-refractivity contribution < 1.29 is 14.3 Å². The van der Waals surface area contributed by atoms with Gasteiger partial charge >= 0.3 is 0 Å². The number of rotatable bonds is 5. The third kappa shape index (κ3) is 4.18. The molecule has 0 fully saturated rings. The highest BCUT2D eigenvalue weighted by Crippen LogP contribution is 2.40. The topological polar surface area (TPSA) is 55.4 Å². The van der Waals surface area contributed by atoms with E-state index < -0.39 is 5.92 Å². The number of amides is 1. The molecule has 4 heteroatoms. The molecule has 0 aromatic heterocycles. The zero-order chi connectivity index (χ0) is 20.9. The van der Waals surface area contributed by atoms with Gasteiger partial charge in [0.25, 0.3) is 0 Å². The number of hydrogen-bond acceptors (Lipinski definition) is 3. The number of carbonyl (C=O) groups excluding carboxylic acids is 2. The maximum Gasteiger partial charge on any atom is 0.235 e. The molecule has 4 rings (SSSR count). The van der Waals surface area contributed by atoms with Gasteiger partial charge < -0.3 is 10.1 Å². The summed E-state index contributed by atoms with van der Waals surface area (Å²) in [5, 5.41) is 2.91. The summed E-state index contributed by atoms with van der Waals surface area (Å²) in [6.45, 7) is 0. The number of benzene rings is 3. The lowest BCUT2D eigenvalue weighted by Crippen LogP contribution is -2.36. The second-order valence-electron chi connectivity index (χ2n) is 7.35. The van der Waals surface area contributed by atoms with Crippen LogP contribution in [0.2, 0.25) is 0 Å². The van der Waals surface area contributed by atoms with E-state index in [1.165, 1.54) is 0 Å². The summed E-state index contributed by atoms with van der Waals surface area (Å²) in [6.07, 6.45) is 2.24. The lowest BCUT2D eigenvalue weighted by molar-refractivity contribution is -0.129. The average Bonchev–Trinajstić information content (AvgIpc) is 2.79. The molecule has 0 spiro atoms. The molecule has 1 aliphatic carbocycles. The Balaban J connectivity index is 1.70. The largest absolute Gasteiger partial charge is 0.497 e. The van der Waals surface area contributed by atoms with Crippen LogP contribution >= 0.6 is 0 Å². The van der Waals surface area contributed by atoms with E-state index in [0.29, 0.717) is 12.1 Å². The van der Waals surface area contributed by atoms with Crippen molar-refractivity contribution in [1.82, 2.24) is 0 Å². The van der Waals surface area contributed by atoms with Crippen LogP contribution in [-0.2, 0) is 9.59 Å². The minimum Gasteiger partial charge on any atom is -0.497 e. The van der Waals surface area contributed by atoms with Gasteiger partial charge in [-0.25, -0.2) is 0 Å². The molecule has 0 saturated heterocycles. The summed E-state index contributed by atoms with van der Waals surface area (Å²) in [7, 11) is 1.62. The molecule has 1 N–H and O–H groups in total. The fraction of sp³-hybridized carbons (Fsp3) is 0.154. The summed E-state index contributed by atoms with van der Waals surface area (Å²) in [5.74, 6) is -0.756. The van der Waals surface area contributed by atoms with E-state index in [1.807, 2.05) is 84.9 Å². The lowest BCUT2D eigenvalue weighted by atomic mass is 9.73. The van der Waals surface area contributed by atoms with Gasteiger partial charge in [0.05, 0.1) is 7.11 Å². The zero-order valence-electron chi connectivity index (χ0n) is 16.7. The molecule has 0 saturated carbocycles. The van der Waals surface area contributed by atoms with Crippen molar-refractivity contribution in [2.24, 2.45) is 5.92 Å². The SMILES string of the molecule is COc1ccc([C@@H]2CC(c3ccccc3)=CC(=O)[C@H]2C(=O)Nc2ccccc2)cc1. The van der Waals surface area contributed by atoms with Crippen LogP contribution in [0, 0.1) is 5.92 Å². The molecular weight excluding hydrogens is 374 g/mol. The van der Waals surface area contributed by atoms with Crippen LogP contribution in [0.25, 0.3) is 5.57 Å². The predicted molar refractivity (Wildman–Crippen MR) is 118 cm³/mol. The Morgan fingerprint density at radius 3 is 2.17 bits per heavy atom. The molecule has 2 atom stereocenters. The van der Waals surface area contributed by atoms with Crippen molar-refractivity contribution in [2.75, 3.05) is 12.4 Å². The molecule has 0 bridgehead atoms. The first-order chi connectivity index (χ1) is 14.7. The van der Waals surface area contributed by atoms with Crippen molar-refractivity contribution in [2.45, 2.75) is 12.3 Å². The number of ketones is 1. The molecule has 3 aromatic rings. The highest BCUT2D eigenvalue weighted by Gasteiger charge is 2.38. The van der Waals surface area contributed by atoms with E-state index in [4.69, 9.17) is 4.74 Å². The Hall–Kier alpha value is -3.66. The Bertz CT molecular complexity index is 1060. The maximum absolute atomic E-state index is 13.2. The van der Waals surface area contributed by atoms with Crippen LogP contribution in [0.1, 0.15) is 23.5 Å². The number of para-hydroxylation sites is 1. The third-order valence-corrected chi connectivity index (χ3v) is 5.48. The van der Waals surface area contributed by atoms with Crippen LogP contribution in [0.4, 0.5) is 5.69 Å². The molecular formula is C26H23NO3. The van der Waals surface area contributed by atoms with E-state index in [2.05, 4.69) is 5.32 Å². The van der Waals surface area contributed by atoms with Crippen molar-refractivity contribution in [1.29, 1.82) is 0 Å². The fourth-order valence-corrected chi connectivity index (χ4v) is 3.94. The highest BCUT2D eigenvalue weighted by atomic mass is 16.5. The van der Waals surface area contributed by atoms with Gasteiger partial charge in [-0.15, -0.1) is 0 Å². The molecule has 150 valence electrons. The molecule has 0 aliphatic heterocycles. The van der Waals surface area contributed by atoms with Crippen molar-refractivity contribution in [3.8, 4) is 5.75 Å². The number of methoxy groups -OCH3 is 1. The van der Waals surface area contributed by atoms with E-state index in [9.17, 15) is 9.59 Å².